The van der Waals surface area contributed by atoms with Gasteiger partial charge in [0.2, 0.25) is 0 Å². The lowest BCUT2D eigenvalue weighted by Gasteiger charge is -2.19. The number of rotatable bonds is 3. The molecule has 1 fully saturated rings. The summed E-state index contributed by atoms with van der Waals surface area (Å²) in [5.41, 5.74) is 0.656. The maximum absolute atomic E-state index is 11.7. The number of aromatic amines is 1. The van der Waals surface area contributed by atoms with Crippen molar-refractivity contribution in [1.82, 2.24) is 9.97 Å². The molecule has 0 saturated carbocycles. The minimum Gasteiger partial charge on any atom is -0.394 e. The summed E-state index contributed by atoms with van der Waals surface area (Å²) >= 11 is 0. The largest absolute Gasteiger partial charge is 0.394 e. The van der Waals surface area contributed by atoms with Crippen molar-refractivity contribution in [2.45, 2.75) is 38.3 Å². The molecule has 1 aliphatic rings. The van der Waals surface area contributed by atoms with Gasteiger partial charge in [-0.15, -0.1) is 0 Å². The van der Waals surface area contributed by atoms with Crippen molar-refractivity contribution in [1.29, 1.82) is 0 Å². The van der Waals surface area contributed by atoms with Crippen LogP contribution in [0.5, 0.6) is 0 Å². The Labute approximate surface area is 121 Å². The van der Waals surface area contributed by atoms with E-state index in [4.69, 9.17) is 9.47 Å². The molecule has 3 N–H and O–H groups in total. The van der Waals surface area contributed by atoms with Gasteiger partial charge in [-0.3, -0.25) is 4.79 Å². The highest BCUT2D eigenvalue weighted by Gasteiger charge is 2.46. The maximum atomic E-state index is 11.7. The second-order valence-corrected chi connectivity index (χ2v) is 4.76. The normalized spacial score (nSPS) is 28.2. The molecule has 1 aromatic rings. The molecule has 1 saturated heterocycles. The molecule has 0 aliphatic carbocycles. The summed E-state index contributed by atoms with van der Waals surface area (Å²) < 4.78 is 10.9. The van der Waals surface area contributed by atoms with Gasteiger partial charge in [0.1, 0.15) is 41.5 Å². The van der Waals surface area contributed by atoms with Gasteiger partial charge in [0.05, 0.1) is 6.61 Å². The van der Waals surface area contributed by atoms with Crippen LogP contribution in [0.25, 0.3) is 0 Å². The smallest absolute Gasteiger partial charge is 0.270 e. The van der Waals surface area contributed by atoms with E-state index in [1.165, 1.54) is 7.11 Å². The molecule has 4 atom stereocenters. The molecule has 7 nitrogen and oxygen atoms in total. The van der Waals surface area contributed by atoms with E-state index in [0.29, 0.717) is 11.4 Å². The lowest BCUT2D eigenvalue weighted by Crippen LogP contribution is -2.34. The molecule has 2 unspecified atom stereocenters. The summed E-state index contributed by atoms with van der Waals surface area (Å²) in [6.45, 7) is 2.87. The second-order valence-electron chi connectivity index (χ2n) is 4.76. The number of ether oxygens (including phenoxy) is 2. The van der Waals surface area contributed by atoms with Gasteiger partial charge in [-0.1, -0.05) is 5.92 Å². The van der Waals surface area contributed by atoms with Gasteiger partial charge in [-0.2, -0.15) is 0 Å². The summed E-state index contributed by atoms with van der Waals surface area (Å²) in [5.74, 6) is 5.46. The molecule has 7 heteroatoms. The lowest BCUT2D eigenvalue weighted by molar-refractivity contribution is -0.0252. The predicted octanol–water partition coefficient (Wildman–Crippen LogP) is -0.742. The van der Waals surface area contributed by atoms with Gasteiger partial charge in [0.15, 0.2) is 0 Å². The highest BCUT2D eigenvalue weighted by atomic mass is 16.6. The van der Waals surface area contributed by atoms with Crippen molar-refractivity contribution in [2.24, 2.45) is 0 Å². The Kier molecular flexibility index (Phi) is 4.75. The molecule has 0 spiro atoms. The van der Waals surface area contributed by atoms with E-state index >= 15 is 0 Å². The van der Waals surface area contributed by atoms with Gasteiger partial charge in [-0.25, -0.2) is 4.98 Å². The number of nitrogens with one attached hydrogen (secondary N) is 1. The Bertz CT molecular complexity index is 630. The van der Waals surface area contributed by atoms with E-state index in [0.717, 1.165) is 0 Å². The Morgan fingerprint density at radius 1 is 1.52 bits per heavy atom. The summed E-state index contributed by atoms with van der Waals surface area (Å²) in [7, 11) is 1.44. The number of hydrogen-bond donors (Lipinski definition) is 3. The van der Waals surface area contributed by atoms with Crippen LogP contribution < -0.4 is 5.56 Å². The zero-order valence-electron chi connectivity index (χ0n) is 12.1. The first kappa shape index (κ1) is 15.7. The summed E-state index contributed by atoms with van der Waals surface area (Å²) in [6.07, 6.45) is -3.16. The van der Waals surface area contributed by atoms with Crippen molar-refractivity contribution >= 4 is 0 Å². The van der Waals surface area contributed by atoms with Crippen molar-refractivity contribution in [3.8, 4) is 11.8 Å². The summed E-state index contributed by atoms with van der Waals surface area (Å²) in [5, 5.41) is 19.3. The van der Waals surface area contributed by atoms with Crippen LogP contribution in [0.15, 0.2) is 4.79 Å². The van der Waals surface area contributed by atoms with E-state index < -0.39 is 24.4 Å². The van der Waals surface area contributed by atoms with E-state index in [1.807, 2.05) is 0 Å². The quantitative estimate of drug-likeness (QED) is 0.634. The van der Waals surface area contributed by atoms with Crippen molar-refractivity contribution in [2.75, 3.05) is 13.7 Å². The Morgan fingerprint density at radius 3 is 2.81 bits per heavy atom. The molecule has 114 valence electrons. The molecule has 2 rings (SSSR count). The van der Waals surface area contributed by atoms with Gasteiger partial charge in [0, 0.05) is 7.11 Å². The maximum Gasteiger partial charge on any atom is 0.270 e. The number of aromatic nitrogens is 2. The third kappa shape index (κ3) is 2.84. The molecule has 21 heavy (non-hydrogen) atoms. The topological polar surface area (TPSA) is 105 Å². The van der Waals surface area contributed by atoms with Gasteiger partial charge in [-0.05, 0) is 19.8 Å². The number of H-pyrrole nitrogens is 1. The number of aliphatic hydroxyl groups excluding tert-OH is 2. The van der Waals surface area contributed by atoms with Gasteiger partial charge < -0.3 is 24.7 Å². The highest BCUT2D eigenvalue weighted by Crippen LogP contribution is 2.35. The minimum absolute atomic E-state index is 0.270. The third-order valence-corrected chi connectivity index (χ3v) is 3.42. The fraction of sp³-hybridized carbons (Fsp3) is 0.571. The van der Waals surface area contributed by atoms with Crippen LogP contribution in [-0.2, 0) is 9.47 Å². The van der Waals surface area contributed by atoms with Crippen LogP contribution in [0.2, 0.25) is 0 Å². The van der Waals surface area contributed by atoms with Crippen molar-refractivity contribution in [3.05, 3.63) is 27.4 Å². The number of hydrogen-bond acceptors (Lipinski definition) is 6. The number of methoxy groups -OCH3 is 1. The molecule has 0 amide bonds. The fourth-order valence-corrected chi connectivity index (χ4v) is 2.35. The van der Waals surface area contributed by atoms with Crippen LogP contribution in [0.1, 0.15) is 30.1 Å². The monoisotopic (exact) mass is 294 g/mol. The molecule has 1 aromatic heterocycles. The van der Waals surface area contributed by atoms with E-state index in [1.54, 1.807) is 13.8 Å². The SMILES string of the molecule is CC#Cc1[nH]c(=O)c(C)nc1[C@@H]1O[C@H](CO)C(O)C1OC. The van der Waals surface area contributed by atoms with Gasteiger partial charge >= 0.3 is 0 Å². The average Bonchev–Trinajstić information content (AvgIpc) is 2.78. The molecular formula is C14H18N2O5. The zero-order chi connectivity index (χ0) is 15.6. The number of aliphatic hydroxyl groups is 2. The molecule has 0 radical (unpaired) electrons. The standard InChI is InChI=1S/C14H18N2O5/c1-4-5-8-10(15-7(2)14(19)16-8)12-13(20-3)11(18)9(6-17)21-12/h9,11-13,17-18H,6H2,1-3H3,(H,16,19)/t9-,11?,12+,13?/m1/s1. The summed E-state index contributed by atoms with van der Waals surface area (Å²) in [6, 6.07) is 0. The van der Waals surface area contributed by atoms with Crippen molar-refractivity contribution < 1.29 is 19.7 Å². The average molecular weight is 294 g/mol. The van der Waals surface area contributed by atoms with E-state index in [-0.39, 0.29) is 17.9 Å². The first-order valence-corrected chi connectivity index (χ1v) is 6.54. The predicted molar refractivity (Wildman–Crippen MR) is 73.7 cm³/mol. The first-order chi connectivity index (χ1) is 10.0. The second kappa shape index (κ2) is 6.37. The number of nitrogens with zero attached hydrogens (tertiary/aromatic N) is 1. The van der Waals surface area contributed by atoms with Crippen LogP contribution in [-0.4, -0.2) is 52.2 Å². The fourth-order valence-electron chi connectivity index (χ4n) is 2.35. The Morgan fingerprint density at radius 2 is 2.24 bits per heavy atom. The molecule has 0 aromatic carbocycles. The molecule has 2 heterocycles. The molecule has 0 bridgehead atoms. The van der Waals surface area contributed by atoms with Crippen LogP contribution in [0.4, 0.5) is 0 Å². The minimum atomic E-state index is -0.985. The van der Waals surface area contributed by atoms with Gasteiger partial charge in [0.25, 0.3) is 5.56 Å². The number of aryl methyl sites for hydroxylation is 1. The Hall–Kier alpha value is -1.72. The van der Waals surface area contributed by atoms with Crippen molar-refractivity contribution in [3.63, 3.8) is 0 Å². The van der Waals surface area contributed by atoms with Crippen LogP contribution in [0.3, 0.4) is 0 Å². The van der Waals surface area contributed by atoms with E-state index in [9.17, 15) is 15.0 Å². The Balaban J connectivity index is 2.51. The lowest BCUT2D eigenvalue weighted by atomic mass is 10.0. The summed E-state index contributed by atoms with van der Waals surface area (Å²) in [4.78, 5) is 18.5. The van der Waals surface area contributed by atoms with Crippen LogP contribution in [0, 0.1) is 18.8 Å². The van der Waals surface area contributed by atoms with Crippen LogP contribution >= 0.6 is 0 Å². The highest BCUT2D eigenvalue weighted by molar-refractivity contribution is 5.34. The van der Waals surface area contributed by atoms with E-state index in [2.05, 4.69) is 21.8 Å². The molecular weight excluding hydrogens is 276 g/mol. The zero-order valence-corrected chi connectivity index (χ0v) is 12.1. The first-order valence-electron chi connectivity index (χ1n) is 6.54. The third-order valence-electron chi connectivity index (χ3n) is 3.42. The molecule has 1 aliphatic heterocycles.